The molecule has 2 heterocycles. The lowest BCUT2D eigenvalue weighted by Gasteiger charge is -2.12. The van der Waals surface area contributed by atoms with E-state index in [9.17, 15) is 0 Å². The van der Waals surface area contributed by atoms with Gasteiger partial charge < -0.3 is 10.3 Å². The van der Waals surface area contributed by atoms with E-state index in [1.807, 2.05) is 4.57 Å². The summed E-state index contributed by atoms with van der Waals surface area (Å²) < 4.78 is 2.05. The van der Waals surface area contributed by atoms with Crippen molar-refractivity contribution in [2.24, 2.45) is 5.92 Å². The van der Waals surface area contributed by atoms with Crippen molar-refractivity contribution in [1.82, 2.24) is 19.5 Å². The predicted octanol–water partition coefficient (Wildman–Crippen LogP) is 1.24. The first kappa shape index (κ1) is 11.4. The number of fused-ring (bicyclic) bond motifs is 1. The Labute approximate surface area is 104 Å². The van der Waals surface area contributed by atoms with Gasteiger partial charge in [0, 0.05) is 6.04 Å². The van der Waals surface area contributed by atoms with Gasteiger partial charge in [-0.3, -0.25) is 5.26 Å². The largest absolute Gasteiger partial charge is 0.382 e. The van der Waals surface area contributed by atoms with E-state index in [1.165, 1.54) is 6.33 Å². The van der Waals surface area contributed by atoms with Crippen LogP contribution in [0.15, 0.2) is 12.7 Å². The monoisotopic (exact) mass is 249 g/mol. The molecule has 0 aromatic carbocycles. The summed E-state index contributed by atoms with van der Waals surface area (Å²) in [6.07, 6.45) is 6.24. The van der Waals surface area contributed by atoms with Crippen LogP contribution < -0.4 is 5.73 Å². The molecule has 1 aliphatic carbocycles. The molecule has 1 aliphatic rings. The number of imidazole rings is 1. The molecule has 0 aliphatic heterocycles. The van der Waals surface area contributed by atoms with Crippen molar-refractivity contribution in [1.29, 1.82) is 0 Å². The summed E-state index contributed by atoms with van der Waals surface area (Å²) in [7, 11) is 0. The van der Waals surface area contributed by atoms with Crippen molar-refractivity contribution in [3.05, 3.63) is 12.7 Å². The molecule has 0 radical (unpaired) electrons. The molecule has 1 fully saturated rings. The minimum Gasteiger partial charge on any atom is -0.382 e. The lowest BCUT2D eigenvalue weighted by Crippen LogP contribution is -2.08. The first-order chi connectivity index (χ1) is 8.79. The van der Waals surface area contributed by atoms with Crippen LogP contribution in [0.3, 0.4) is 0 Å². The zero-order valence-electron chi connectivity index (χ0n) is 9.86. The van der Waals surface area contributed by atoms with Crippen LogP contribution >= 0.6 is 0 Å². The Kier molecular flexibility index (Phi) is 2.85. The summed E-state index contributed by atoms with van der Waals surface area (Å²) in [5.41, 5.74) is 7.19. The van der Waals surface area contributed by atoms with Crippen LogP contribution in [-0.2, 0) is 4.89 Å². The summed E-state index contributed by atoms with van der Waals surface area (Å²) in [6, 6.07) is 0.337. The summed E-state index contributed by atoms with van der Waals surface area (Å²) in [4.78, 5) is 16.7. The number of aromatic nitrogens is 4. The van der Waals surface area contributed by atoms with E-state index in [0.717, 1.165) is 24.9 Å². The molecule has 0 unspecified atom stereocenters. The number of nitrogen functional groups attached to an aromatic ring is 1. The number of rotatable bonds is 3. The van der Waals surface area contributed by atoms with Crippen molar-refractivity contribution in [3.8, 4) is 0 Å². The van der Waals surface area contributed by atoms with E-state index < -0.39 is 0 Å². The smallest absolute Gasteiger partial charge is 0.165 e. The normalized spacial score (nSPS) is 23.8. The van der Waals surface area contributed by atoms with E-state index in [-0.39, 0.29) is 0 Å². The second-order valence-corrected chi connectivity index (χ2v) is 4.71. The Hall–Kier alpha value is -1.73. The van der Waals surface area contributed by atoms with Crippen molar-refractivity contribution in [3.63, 3.8) is 0 Å². The van der Waals surface area contributed by atoms with E-state index in [4.69, 9.17) is 11.0 Å². The highest BCUT2D eigenvalue weighted by Gasteiger charge is 2.27. The number of nitrogens with two attached hydrogens (primary N) is 1. The van der Waals surface area contributed by atoms with Crippen molar-refractivity contribution < 1.29 is 10.1 Å². The second-order valence-electron chi connectivity index (χ2n) is 4.71. The molecule has 0 amide bonds. The van der Waals surface area contributed by atoms with Crippen molar-refractivity contribution in [2.75, 3.05) is 12.3 Å². The van der Waals surface area contributed by atoms with Crippen LogP contribution in [-0.4, -0.2) is 31.4 Å². The van der Waals surface area contributed by atoms with Gasteiger partial charge in [0.25, 0.3) is 0 Å². The van der Waals surface area contributed by atoms with Gasteiger partial charge in [0.15, 0.2) is 11.5 Å². The molecule has 18 heavy (non-hydrogen) atoms. The Morgan fingerprint density at radius 2 is 2.28 bits per heavy atom. The first-order valence-electron chi connectivity index (χ1n) is 5.99. The third-order valence-corrected chi connectivity index (χ3v) is 3.60. The van der Waals surface area contributed by atoms with Gasteiger partial charge in [0.2, 0.25) is 0 Å². The maximum absolute atomic E-state index is 8.50. The van der Waals surface area contributed by atoms with Crippen molar-refractivity contribution >= 4 is 17.0 Å². The molecular weight excluding hydrogens is 234 g/mol. The zero-order chi connectivity index (χ0) is 12.5. The average Bonchev–Trinajstić information content (AvgIpc) is 2.96. The molecule has 2 aromatic heterocycles. The van der Waals surface area contributed by atoms with Crippen molar-refractivity contribution in [2.45, 2.75) is 25.3 Å². The molecule has 0 saturated heterocycles. The van der Waals surface area contributed by atoms with E-state index >= 15 is 0 Å². The highest BCUT2D eigenvalue weighted by molar-refractivity contribution is 5.81. The molecular formula is C11H15N5O2. The molecule has 2 aromatic rings. The standard InChI is InChI=1S/C11H15N5O2/c12-10-9-11(14-5-13-10)16(6-15-9)8-2-1-7(3-8)4-18-17/h5-8,17H,1-4H2,(H2,12,13,14)/t7-,8+/m1/s1. The van der Waals surface area contributed by atoms with Crippen LogP contribution in [0.5, 0.6) is 0 Å². The molecule has 3 N–H and O–H groups in total. The number of hydrogen-bond donors (Lipinski definition) is 2. The fourth-order valence-electron chi connectivity index (χ4n) is 2.70. The third-order valence-electron chi connectivity index (χ3n) is 3.60. The zero-order valence-corrected chi connectivity index (χ0v) is 9.86. The number of nitrogens with zero attached hydrogens (tertiary/aromatic N) is 4. The summed E-state index contributed by atoms with van der Waals surface area (Å²) in [6.45, 7) is 0.389. The average molecular weight is 249 g/mol. The number of anilines is 1. The van der Waals surface area contributed by atoms with Crippen LogP contribution in [0, 0.1) is 5.92 Å². The third kappa shape index (κ3) is 1.81. The lowest BCUT2D eigenvalue weighted by atomic mass is 10.1. The molecule has 0 bridgehead atoms. The Balaban J connectivity index is 1.89. The van der Waals surface area contributed by atoms with E-state index in [1.54, 1.807) is 6.33 Å². The lowest BCUT2D eigenvalue weighted by molar-refractivity contribution is -0.250. The van der Waals surface area contributed by atoms with Crippen LogP contribution in [0.4, 0.5) is 5.82 Å². The maximum Gasteiger partial charge on any atom is 0.165 e. The summed E-state index contributed by atoms with van der Waals surface area (Å²) >= 11 is 0. The Morgan fingerprint density at radius 3 is 3.11 bits per heavy atom. The van der Waals surface area contributed by atoms with Gasteiger partial charge >= 0.3 is 0 Å². The van der Waals surface area contributed by atoms with Crippen LogP contribution in [0.25, 0.3) is 11.2 Å². The van der Waals surface area contributed by atoms with Gasteiger partial charge in [-0.05, 0) is 25.2 Å². The van der Waals surface area contributed by atoms with Crippen LogP contribution in [0.2, 0.25) is 0 Å². The van der Waals surface area contributed by atoms with Crippen LogP contribution in [0.1, 0.15) is 25.3 Å². The minimum absolute atomic E-state index is 0.337. The predicted molar refractivity (Wildman–Crippen MR) is 64.7 cm³/mol. The van der Waals surface area contributed by atoms with Gasteiger partial charge in [-0.2, -0.15) is 0 Å². The van der Waals surface area contributed by atoms with E-state index in [0.29, 0.717) is 29.9 Å². The Bertz CT molecular complexity index is 555. The second kappa shape index (κ2) is 4.51. The molecule has 3 rings (SSSR count). The fraction of sp³-hybridized carbons (Fsp3) is 0.545. The SMILES string of the molecule is Nc1ncnc2c1ncn2[C@H]1CC[C@@H](COO)C1. The maximum atomic E-state index is 8.50. The number of hydrogen-bond acceptors (Lipinski definition) is 6. The van der Waals surface area contributed by atoms with E-state index in [2.05, 4.69) is 19.8 Å². The minimum atomic E-state index is 0.337. The fourth-order valence-corrected chi connectivity index (χ4v) is 2.70. The van der Waals surface area contributed by atoms with Gasteiger partial charge in [0.1, 0.15) is 11.8 Å². The topological polar surface area (TPSA) is 99.1 Å². The first-order valence-corrected chi connectivity index (χ1v) is 5.99. The molecule has 0 spiro atoms. The Morgan fingerprint density at radius 1 is 1.39 bits per heavy atom. The van der Waals surface area contributed by atoms with Gasteiger partial charge in [0.05, 0.1) is 12.9 Å². The molecule has 7 heteroatoms. The van der Waals surface area contributed by atoms with Gasteiger partial charge in [-0.15, -0.1) is 0 Å². The highest BCUT2D eigenvalue weighted by atomic mass is 17.1. The molecule has 1 saturated carbocycles. The molecule has 2 atom stereocenters. The summed E-state index contributed by atoms with van der Waals surface area (Å²) in [5.74, 6) is 0.795. The molecule has 96 valence electrons. The quantitative estimate of drug-likeness (QED) is 0.627. The summed E-state index contributed by atoms with van der Waals surface area (Å²) in [5, 5.41) is 8.50. The molecule has 7 nitrogen and oxygen atoms in total. The van der Waals surface area contributed by atoms with Gasteiger partial charge in [-0.25, -0.2) is 19.8 Å². The highest BCUT2D eigenvalue weighted by Crippen LogP contribution is 2.36. The van der Waals surface area contributed by atoms with Gasteiger partial charge in [-0.1, -0.05) is 0 Å².